The second-order valence-corrected chi connectivity index (χ2v) is 5.86. The topological polar surface area (TPSA) is 24.5 Å². The van der Waals surface area contributed by atoms with E-state index in [0.29, 0.717) is 6.04 Å². The molecule has 0 aliphatic carbocycles. The Morgan fingerprint density at radius 1 is 1.29 bits per heavy atom. The van der Waals surface area contributed by atoms with E-state index in [1.54, 1.807) is 0 Å². The van der Waals surface area contributed by atoms with E-state index in [1.807, 2.05) is 6.92 Å². The van der Waals surface area contributed by atoms with Crippen molar-refractivity contribution in [3.05, 3.63) is 29.8 Å². The largest absolute Gasteiger partial charge is 0.494 e. The predicted molar refractivity (Wildman–Crippen MR) is 88.9 cm³/mol. The van der Waals surface area contributed by atoms with Crippen LogP contribution in [0.4, 0.5) is 0 Å². The number of hydrogen-bond acceptors (Lipinski definition) is 3. The number of rotatable bonds is 7. The fourth-order valence-electron chi connectivity index (χ4n) is 3.40. The van der Waals surface area contributed by atoms with Crippen LogP contribution in [0.1, 0.15) is 51.1 Å². The van der Waals surface area contributed by atoms with Crippen molar-refractivity contribution < 1.29 is 4.74 Å². The van der Waals surface area contributed by atoms with E-state index in [1.165, 1.54) is 37.8 Å². The maximum atomic E-state index is 5.80. The summed E-state index contributed by atoms with van der Waals surface area (Å²) >= 11 is 0. The van der Waals surface area contributed by atoms with E-state index in [9.17, 15) is 0 Å². The molecule has 1 aromatic rings. The highest BCUT2D eigenvalue weighted by Crippen LogP contribution is 2.28. The summed E-state index contributed by atoms with van der Waals surface area (Å²) in [4.78, 5) is 2.66. The van der Waals surface area contributed by atoms with Crippen molar-refractivity contribution in [1.29, 1.82) is 0 Å². The molecule has 3 nitrogen and oxygen atoms in total. The molecular weight excluding hydrogens is 260 g/mol. The normalized spacial score (nSPS) is 21.2. The number of nitrogens with one attached hydrogen (secondary N) is 1. The van der Waals surface area contributed by atoms with Gasteiger partial charge in [0.05, 0.1) is 6.61 Å². The molecule has 1 saturated heterocycles. The van der Waals surface area contributed by atoms with Gasteiger partial charge in [0.15, 0.2) is 0 Å². The van der Waals surface area contributed by atoms with E-state index in [2.05, 4.69) is 48.5 Å². The summed E-state index contributed by atoms with van der Waals surface area (Å²) in [6, 6.07) is 9.51. The Morgan fingerprint density at radius 3 is 2.81 bits per heavy atom. The zero-order chi connectivity index (χ0) is 15.1. The smallest absolute Gasteiger partial charge is 0.124 e. The molecule has 2 unspecified atom stereocenters. The Labute approximate surface area is 129 Å². The molecule has 3 heteroatoms. The molecule has 118 valence electrons. The van der Waals surface area contributed by atoms with Gasteiger partial charge in [0.2, 0.25) is 0 Å². The van der Waals surface area contributed by atoms with Crippen molar-refractivity contribution in [2.75, 3.05) is 26.7 Å². The highest BCUT2D eigenvalue weighted by Gasteiger charge is 2.25. The number of benzene rings is 1. The number of para-hydroxylation sites is 1. The Kier molecular flexibility index (Phi) is 6.52. The Balaban J connectivity index is 2.12. The Hall–Kier alpha value is -1.06. The predicted octanol–water partition coefficient (Wildman–Crippen LogP) is 3.61. The number of likely N-dealkylation sites (N-methyl/N-ethyl adjacent to an activating group) is 1. The van der Waals surface area contributed by atoms with Gasteiger partial charge in [0.25, 0.3) is 0 Å². The first-order chi connectivity index (χ1) is 10.3. The molecule has 0 bridgehead atoms. The lowest BCUT2D eigenvalue weighted by Gasteiger charge is -2.37. The third-order valence-corrected chi connectivity index (χ3v) is 4.58. The molecule has 2 atom stereocenters. The van der Waals surface area contributed by atoms with Gasteiger partial charge in [-0.25, -0.2) is 0 Å². The third kappa shape index (κ3) is 4.21. The molecule has 0 saturated carbocycles. The van der Waals surface area contributed by atoms with Gasteiger partial charge >= 0.3 is 0 Å². The Morgan fingerprint density at radius 2 is 2.10 bits per heavy atom. The van der Waals surface area contributed by atoms with Gasteiger partial charge in [-0.15, -0.1) is 0 Å². The highest BCUT2D eigenvalue weighted by molar-refractivity contribution is 5.36. The molecule has 1 aliphatic rings. The minimum Gasteiger partial charge on any atom is -0.494 e. The zero-order valence-corrected chi connectivity index (χ0v) is 13.8. The maximum absolute atomic E-state index is 5.80. The Bertz CT molecular complexity index is 421. The summed E-state index contributed by atoms with van der Waals surface area (Å²) in [5, 5.41) is 3.49. The molecule has 0 aromatic heterocycles. The van der Waals surface area contributed by atoms with Crippen LogP contribution < -0.4 is 10.1 Å². The van der Waals surface area contributed by atoms with Crippen LogP contribution in [0.3, 0.4) is 0 Å². The number of ether oxygens (including phenoxy) is 1. The van der Waals surface area contributed by atoms with Gasteiger partial charge in [-0.2, -0.15) is 0 Å². The maximum Gasteiger partial charge on any atom is 0.124 e. The van der Waals surface area contributed by atoms with Crippen molar-refractivity contribution >= 4 is 0 Å². The average Bonchev–Trinajstić information content (AvgIpc) is 2.54. The number of nitrogens with zero attached hydrogens (tertiary/aromatic N) is 1. The second kappa shape index (κ2) is 8.40. The van der Waals surface area contributed by atoms with Gasteiger partial charge in [-0.1, -0.05) is 31.5 Å². The van der Waals surface area contributed by atoms with Crippen LogP contribution in [0, 0.1) is 0 Å². The lowest BCUT2D eigenvalue weighted by molar-refractivity contribution is 0.130. The van der Waals surface area contributed by atoms with E-state index in [-0.39, 0.29) is 0 Å². The summed E-state index contributed by atoms with van der Waals surface area (Å²) < 4.78 is 5.80. The van der Waals surface area contributed by atoms with E-state index >= 15 is 0 Å². The molecule has 1 aliphatic heterocycles. The van der Waals surface area contributed by atoms with Crippen LogP contribution in [0.2, 0.25) is 0 Å². The quantitative estimate of drug-likeness (QED) is 0.830. The van der Waals surface area contributed by atoms with E-state index in [4.69, 9.17) is 4.74 Å². The molecule has 0 amide bonds. The molecule has 2 rings (SSSR count). The minimum atomic E-state index is 0.333. The van der Waals surface area contributed by atoms with Crippen molar-refractivity contribution in [3.8, 4) is 5.75 Å². The van der Waals surface area contributed by atoms with Crippen molar-refractivity contribution in [1.82, 2.24) is 10.2 Å². The van der Waals surface area contributed by atoms with Crippen LogP contribution in [0.25, 0.3) is 0 Å². The van der Waals surface area contributed by atoms with Crippen molar-refractivity contribution in [2.45, 2.75) is 51.6 Å². The third-order valence-electron chi connectivity index (χ3n) is 4.58. The fraction of sp³-hybridized carbons (Fsp3) is 0.667. The van der Waals surface area contributed by atoms with Gasteiger partial charge in [-0.05, 0) is 45.8 Å². The van der Waals surface area contributed by atoms with Crippen LogP contribution in [0.15, 0.2) is 24.3 Å². The molecule has 0 radical (unpaired) electrons. The highest BCUT2D eigenvalue weighted by atomic mass is 16.5. The van der Waals surface area contributed by atoms with Crippen LogP contribution in [-0.4, -0.2) is 37.7 Å². The molecule has 0 spiro atoms. The van der Waals surface area contributed by atoms with Crippen LogP contribution in [-0.2, 0) is 0 Å². The van der Waals surface area contributed by atoms with Crippen molar-refractivity contribution in [2.24, 2.45) is 0 Å². The summed E-state index contributed by atoms with van der Waals surface area (Å²) in [6.07, 6.45) is 5.32. The number of likely N-dealkylation sites (tertiary alicyclic amines) is 1. The fourth-order valence-corrected chi connectivity index (χ4v) is 3.40. The standard InChI is InChI=1S/C18H30N2O/c1-4-15-10-8-9-13-20(15)14-17(19-3)16-11-6-7-12-18(16)21-5-2/h6-7,11-12,15,17,19H,4-5,8-10,13-14H2,1-3H3. The summed E-state index contributed by atoms with van der Waals surface area (Å²) in [5.41, 5.74) is 1.28. The molecule has 1 fully saturated rings. The average molecular weight is 290 g/mol. The monoisotopic (exact) mass is 290 g/mol. The summed E-state index contributed by atoms with van der Waals surface area (Å²) in [7, 11) is 2.05. The van der Waals surface area contributed by atoms with Gasteiger partial charge in [0.1, 0.15) is 5.75 Å². The lowest BCUT2D eigenvalue weighted by atomic mass is 9.97. The van der Waals surface area contributed by atoms with E-state index in [0.717, 1.165) is 24.9 Å². The number of hydrogen-bond donors (Lipinski definition) is 1. The molecule has 1 N–H and O–H groups in total. The SMILES string of the molecule is CCOc1ccccc1C(CN1CCCCC1CC)NC. The molecule has 21 heavy (non-hydrogen) atoms. The van der Waals surface area contributed by atoms with E-state index < -0.39 is 0 Å². The lowest BCUT2D eigenvalue weighted by Crippen LogP contribution is -2.43. The number of piperidine rings is 1. The van der Waals surface area contributed by atoms with Crippen LogP contribution in [0.5, 0.6) is 5.75 Å². The first kappa shape index (κ1) is 16.3. The summed E-state index contributed by atoms with van der Waals surface area (Å²) in [6.45, 7) is 7.37. The second-order valence-electron chi connectivity index (χ2n) is 5.86. The van der Waals surface area contributed by atoms with Gasteiger partial charge < -0.3 is 10.1 Å². The molecule has 1 aromatic carbocycles. The molecule has 1 heterocycles. The first-order valence-electron chi connectivity index (χ1n) is 8.43. The van der Waals surface area contributed by atoms with Crippen molar-refractivity contribution in [3.63, 3.8) is 0 Å². The van der Waals surface area contributed by atoms with Gasteiger partial charge in [0, 0.05) is 24.2 Å². The van der Waals surface area contributed by atoms with Gasteiger partial charge in [-0.3, -0.25) is 4.90 Å². The zero-order valence-electron chi connectivity index (χ0n) is 13.8. The first-order valence-corrected chi connectivity index (χ1v) is 8.43. The van der Waals surface area contributed by atoms with Crippen LogP contribution >= 0.6 is 0 Å². The molecular formula is C18H30N2O. The summed E-state index contributed by atoms with van der Waals surface area (Å²) in [5.74, 6) is 1.02. The minimum absolute atomic E-state index is 0.333.